The standard InChI is InChI=1S/C14H15BrFN3/c1-9-4-12(16)11(15)5-13(9)19-8-18-7-14(19)10-2-3-17-6-10/h4-5,7-8,10,17H,2-3,6H2,1H3. The van der Waals surface area contributed by atoms with Gasteiger partial charge < -0.3 is 9.88 Å². The lowest BCUT2D eigenvalue weighted by molar-refractivity contribution is 0.618. The number of nitrogens with zero attached hydrogens (tertiary/aromatic N) is 2. The molecule has 1 unspecified atom stereocenters. The topological polar surface area (TPSA) is 29.9 Å². The second-order valence-corrected chi connectivity index (χ2v) is 5.79. The molecule has 19 heavy (non-hydrogen) atoms. The Morgan fingerprint density at radius 2 is 2.32 bits per heavy atom. The number of halogens is 2. The van der Waals surface area contributed by atoms with Gasteiger partial charge in [0.05, 0.1) is 16.5 Å². The van der Waals surface area contributed by atoms with Gasteiger partial charge in [0.1, 0.15) is 5.82 Å². The van der Waals surface area contributed by atoms with Gasteiger partial charge in [-0.05, 0) is 53.5 Å². The largest absolute Gasteiger partial charge is 0.316 e. The summed E-state index contributed by atoms with van der Waals surface area (Å²) >= 11 is 3.25. The maximum atomic E-state index is 13.5. The summed E-state index contributed by atoms with van der Waals surface area (Å²) in [5.41, 5.74) is 3.07. The Labute approximate surface area is 120 Å². The van der Waals surface area contributed by atoms with Crippen molar-refractivity contribution < 1.29 is 4.39 Å². The van der Waals surface area contributed by atoms with Gasteiger partial charge >= 0.3 is 0 Å². The highest BCUT2D eigenvalue weighted by Gasteiger charge is 2.21. The van der Waals surface area contributed by atoms with Crippen molar-refractivity contribution in [2.24, 2.45) is 0 Å². The van der Waals surface area contributed by atoms with Gasteiger partial charge in [-0.3, -0.25) is 0 Å². The Morgan fingerprint density at radius 3 is 3.05 bits per heavy atom. The van der Waals surface area contributed by atoms with Crippen molar-refractivity contribution in [1.82, 2.24) is 14.9 Å². The average Bonchev–Trinajstić information content (AvgIpc) is 3.03. The van der Waals surface area contributed by atoms with E-state index >= 15 is 0 Å². The molecule has 1 aliphatic heterocycles. The molecule has 100 valence electrons. The van der Waals surface area contributed by atoms with E-state index in [4.69, 9.17) is 0 Å². The van der Waals surface area contributed by atoms with Gasteiger partial charge in [-0.2, -0.15) is 0 Å². The van der Waals surface area contributed by atoms with E-state index in [9.17, 15) is 4.39 Å². The number of imidazole rings is 1. The van der Waals surface area contributed by atoms with Gasteiger partial charge in [0.25, 0.3) is 0 Å². The van der Waals surface area contributed by atoms with Crippen LogP contribution in [-0.2, 0) is 0 Å². The number of aromatic nitrogens is 2. The second-order valence-electron chi connectivity index (χ2n) is 4.93. The Kier molecular flexibility index (Phi) is 3.41. The number of hydrogen-bond donors (Lipinski definition) is 1. The van der Waals surface area contributed by atoms with Crippen molar-refractivity contribution in [3.63, 3.8) is 0 Å². The zero-order valence-corrected chi connectivity index (χ0v) is 12.2. The smallest absolute Gasteiger partial charge is 0.137 e. The lowest BCUT2D eigenvalue weighted by atomic mass is 10.0. The third-order valence-electron chi connectivity index (χ3n) is 3.64. The Hall–Kier alpha value is -1.20. The highest BCUT2D eigenvalue weighted by atomic mass is 79.9. The molecule has 1 saturated heterocycles. The fraction of sp³-hybridized carbons (Fsp3) is 0.357. The average molecular weight is 324 g/mol. The van der Waals surface area contributed by atoms with Crippen LogP contribution in [0.5, 0.6) is 0 Å². The van der Waals surface area contributed by atoms with E-state index in [0.717, 1.165) is 30.8 Å². The first kappa shape index (κ1) is 12.8. The Bertz CT molecular complexity index is 603. The molecule has 1 atom stereocenters. The van der Waals surface area contributed by atoms with Crippen molar-refractivity contribution in [1.29, 1.82) is 0 Å². The van der Waals surface area contributed by atoms with E-state index in [0.29, 0.717) is 10.4 Å². The summed E-state index contributed by atoms with van der Waals surface area (Å²) < 4.78 is 16.1. The summed E-state index contributed by atoms with van der Waals surface area (Å²) in [4.78, 5) is 4.26. The molecule has 0 bridgehead atoms. The van der Waals surface area contributed by atoms with Crippen molar-refractivity contribution in [2.75, 3.05) is 13.1 Å². The van der Waals surface area contributed by atoms with Gasteiger partial charge in [-0.25, -0.2) is 9.37 Å². The Balaban J connectivity index is 2.07. The zero-order chi connectivity index (χ0) is 13.4. The molecule has 0 spiro atoms. The Morgan fingerprint density at radius 1 is 1.47 bits per heavy atom. The summed E-state index contributed by atoms with van der Waals surface area (Å²) in [6.45, 7) is 3.94. The summed E-state index contributed by atoms with van der Waals surface area (Å²) in [6.07, 6.45) is 4.84. The zero-order valence-electron chi connectivity index (χ0n) is 10.7. The fourth-order valence-electron chi connectivity index (χ4n) is 2.61. The van der Waals surface area contributed by atoms with Gasteiger partial charge in [-0.1, -0.05) is 0 Å². The molecule has 0 radical (unpaired) electrons. The monoisotopic (exact) mass is 323 g/mol. The maximum Gasteiger partial charge on any atom is 0.137 e. The third-order valence-corrected chi connectivity index (χ3v) is 4.25. The molecule has 1 aliphatic rings. The molecular weight excluding hydrogens is 309 g/mol. The van der Waals surface area contributed by atoms with Crippen LogP contribution in [0, 0.1) is 12.7 Å². The van der Waals surface area contributed by atoms with E-state index in [1.807, 2.05) is 19.2 Å². The van der Waals surface area contributed by atoms with Crippen LogP contribution in [0.2, 0.25) is 0 Å². The highest BCUT2D eigenvalue weighted by Crippen LogP contribution is 2.28. The highest BCUT2D eigenvalue weighted by molar-refractivity contribution is 9.10. The molecule has 1 aromatic heterocycles. The first-order valence-corrected chi connectivity index (χ1v) is 7.15. The molecule has 5 heteroatoms. The SMILES string of the molecule is Cc1cc(F)c(Br)cc1-n1cncc1C1CCNC1. The molecule has 1 aromatic carbocycles. The molecule has 0 amide bonds. The van der Waals surface area contributed by atoms with E-state index < -0.39 is 0 Å². The van der Waals surface area contributed by atoms with Crippen molar-refractivity contribution >= 4 is 15.9 Å². The second kappa shape index (κ2) is 5.06. The van der Waals surface area contributed by atoms with Crippen LogP contribution in [0.15, 0.2) is 29.1 Å². The summed E-state index contributed by atoms with van der Waals surface area (Å²) in [6, 6.07) is 3.37. The molecule has 3 nitrogen and oxygen atoms in total. The minimum absolute atomic E-state index is 0.231. The van der Waals surface area contributed by atoms with Crippen LogP contribution in [0.4, 0.5) is 4.39 Å². The van der Waals surface area contributed by atoms with Gasteiger partial charge in [-0.15, -0.1) is 0 Å². The summed E-state index contributed by atoms with van der Waals surface area (Å²) in [7, 11) is 0. The van der Waals surface area contributed by atoms with Crippen molar-refractivity contribution in [3.8, 4) is 5.69 Å². The number of rotatable bonds is 2. The van der Waals surface area contributed by atoms with Crippen LogP contribution < -0.4 is 5.32 Å². The minimum atomic E-state index is -0.231. The molecule has 1 N–H and O–H groups in total. The van der Waals surface area contributed by atoms with E-state index in [1.54, 1.807) is 12.4 Å². The fourth-order valence-corrected chi connectivity index (χ4v) is 2.94. The molecule has 2 aromatic rings. The molecule has 2 heterocycles. The van der Waals surface area contributed by atoms with Crippen LogP contribution in [0.25, 0.3) is 5.69 Å². The lowest BCUT2D eigenvalue weighted by Gasteiger charge is -2.15. The van der Waals surface area contributed by atoms with Gasteiger partial charge in [0.15, 0.2) is 0 Å². The third kappa shape index (κ3) is 2.32. The molecule has 3 rings (SSSR count). The van der Waals surface area contributed by atoms with Crippen molar-refractivity contribution in [2.45, 2.75) is 19.3 Å². The minimum Gasteiger partial charge on any atom is -0.316 e. The predicted octanol–water partition coefficient (Wildman–Crippen LogP) is 3.16. The van der Waals surface area contributed by atoms with Crippen LogP contribution in [-0.4, -0.2) is 22.6 Å². The van der Waals surface area contributed by atoms with Crippen LogP contribution in [0.3, 0.4) is 0 Å². The summed E-state index contributed by atoms with van der Waals surface area (Å²) in [5, 5.41) is 3.36. The van der Waals surface area contributed by atoms with E-state index in [2.05, 4.69) is 30.8 Å². The van der Waals surface area contributed by atoms with Gasteiger partial charge in [0, 0.05) is 24.4 Å². The van der Waals surface area contributed by atoms with Crippen LogP contribution >= 0.6 is 15.9 Å². The molecule has 0 saturated carbocycles. The number of aryl methyl sites for hydroxylation is 1. The first-order valence-electron chi connectivity index (χ1n) is 6.36. The van der Waals surface area contributed by atoms with Crippen LogP contribution in [0.1, 0.15) is 23.6 Å². The quantitative estimate of drug-likeness (QED) is 0.920. The number of nitrogens with one attached hydrogen (secondary N) is 1. The van der Waals surface area contributed by atoms with E-state index in [1.165, 1.54) is 5.69 Å². The molecular formula is C14H15BrFN3. The van der Waals surface area contributed by atoms with Gasteiger partial charge in [0.2, 0.25) is 0 Å². The normalized spacial score (nSPS) is 19.0. The number of benzene rings is 1. The van der Waals surface area contributed by atoms with Crippen molar-refractivity contribution in [3.05, 3.63) is 46.2 Å². The van der Waals surface area contributed by atoms with E-state index in [-0.39, 0.29) is 5.82 Å². The predicted molar refractivity (Wildman–Crippen MR) is 76.2 cm³/mol. The number of hydrogen-bond acceptors (Lipinski definition) is 2. The maximum absolute atomic E-state index is 13.5. The molecule has 1 fully saturated rings. The summed E-state index contributed by atoms with van der Waals surface area (Å²) in [5.74, 6) is 0.246. The molecule has 0 aliphatic carbocycles. The lowest BCUT2D eigenvalue weighted by Crippen LogP contribution is -2.11. The first-order chi connectivity index (χ1) is 9.16.